The molecule has 2 rings (SSSR count). The van der Waals surface area contributed by atoms with E-state index in [0.717, 1.165) is 25.7 Å². The third-order valence-corrected chi connectivity index (χ3v) is 5.36. The predicted molar refractivity (Wildman–Crippen MR) is 120 cm³/mol. The minimum absolute atomic E-state index is 0.212. The normalized spacial score (nSPS) is 12.4. The standard InChI is InChI=1S/C25H33NO5/c1-3-5-17-26(18-6-4-2)22(27)19-31-25(23(28)24(29)30,20-13-9-7-10-14-20)21-15-11-8-12-16-21/h7-16,23,28H,3-6,17-19H2,1-2H3,(H,29,30). The molecule has 0 fully saturated rings. The fourth-order valence-corrected chi connectivity index (χ4v) is 3.60. The van der Waals surface area contributed by atoms with Crippen molar-refractivity contribution in [2.24, 2.45) is 0 Å². The molecule has 0 saturated carbocycles. The second-order valence-electron chi connectivity index (χ2n) is 7.59. The number of hydrogen-bond acceptors (Lipinski definition) is 4. The van der Waals surface area contributed by atoms with Crippen LogP contribution in [0.15, 0.2) is 60.7 Å². The summed E-state index contributed by atoms with van der Waals surface area (Å²) in [6.07, 6.45) is 1.80. The zero-order valence-corrected chi connectivity index (χ0v) is 18.4. The lowest BCUT2D eigenvalue weighted by molar-refractivity contribution is -0.172. The second-order valence-corrected chi connectivity index (χ2v) is 7.59. The van der Waals surface area contributed by atoms with Gasteiger partial charge in [-0.15, -0.1) is 0 Å². The number of unbranched alkanes of at least 4 members (excludes halogenated alkanes) is 2. The van der Waals surface area contributed by atoms with Crippen LogP contribution in [0.25, 0.3) is 0 Å². The Morgan fingerprint density at radius 1 is 0.903 bits per heavy atom. The highest BCUT2D eigenvalue weighted by Gasteiger charge is 2.47. The van der Waals surface area contributed by atoms with Crippen LogP contribution in [0.4, 0.5) is 0 Å². The number of aliphatic hydroxyl groups excluding tert-OH is 1. The average molecular weight is 428 g/mol. The maximum Gasteiger partial charge on any atom is 0.336 e. The summed E-state index contributed by atoms with van der Waals surface area (Å²) in [5.74, 6) is -1.63. The molecule has 6 heteroatoms. The Kier molecular flexibility index (Phi) is 9.69. The van der Waals surface area contributed by atoms with Gasteiger partial charge in [-0.3, -0.25) is 4.79 Å². The highest BCUT2D eigenvalue weighted by Crippen LogP contribution is 2.37. The summed E-state index contributed by atoms with van der Waals surface area (Å²) in [6, 6.07) is 17.4. The number of rotatable bonds is 13. The van der Waals surface area contributed by atoms with E-state index in [-0.39, 0.29) is 12.5 Å². The summed E-state index contributed by atoms with van der Waals surface area (Å²) < 4.78 is 6.11. The second kappa shape index (κ2) is 12.2. The largest absolute Gasteiger partial charge is 0.479 e. The van der Waals surface area contributed by atoms with Gasteiger partial charge < -0.3 is 19.8 Å². The smallest absolute Gasteiger partial charge is 0.336 e. The van der Waals surface area contributed by atoms with E-state index in [2.05, 4.69) is 13.8 Å². The molecule has 6 nitrogen and oxygen atoms in total. The summed E-state index contributed by atoms with van der Waals surface area (Å²) in [4.78, 5) is 26.7. The number of carbonyl (C=O) groups excluding carboxylic acids is 1. The maximum atomic E-state index is 13.0. The fraction of sp³-hybridized carbons (Fsp3) is 0.440. The minimum atomic E-state index is -1.90. The molecule has 2 aromatic carbocycles. The van der Waals surface area contributed by atoms with E-state index >= 15 is 0 Å². The number of carbonyl (C=O) groups is 2. The summed E-state index contributed by atoms with van der Waals surface area (Å²) in [6.45, 7) is 5.06. The highest BCUT2D eigenvalue weighted by atomic mass is 16.5. The van der Waals surface area contributed by atoms with Gasteiger partial charge in [-0.1, -0.05) is 87.4 Å². The molecule has 2 N–H and O–H groups in total. The van der Waals surface area contributed by atoms with Gasteiger partial charge in [0.25, 0.3) is 0 Å². The first-order valence-electron chi connectivity index (χ1n) is 10.9. The molecule has 168 valence electrons. The number of nitrogens with zero attached hydrogens (tertiary/aromatic N) is 1. The molecule has 0 aromatic heterocycles. The van der Waals surface area contributed by atoms with Crippen molar-refractivity contribution >= 4 is 11.9 Å². The van der Waals surface area contributed by atoms with Gasteiger partial charge in [0.15, 0.2) is 11.7 Å². The van der Waals surface area contributed by atoms with Crippen molar-refractivity contribution in [1.29, 1.82) is 0 Å². The van der Waals surface area contributed by atoms with E-state index in [1.54, 1.807) is 65.6 Å². The van der Waals surface area contributed by atoms with Crippen LogP contribution in [0, 0.1) is 0 Å². The van der Waals surface area contributed by atoms with Crippen molar-refractivity contribution in [3.63, 3.8) is 0 Å². The van der Waals surface area contributed by atoms with Crippen molar-refractivity contribution in [3.8, 4) is 0 Å². The number of carboxylic acids is 1. The topological polar surface area (TPSA) is 87.1 Å². The van der Waals surface area contributed by atoms with Gasteiger partial charge in [-0.2, -0.15) is 0 Å². The van der Waals surface area contributed by atoms with Crippen LogP contribution >= 0.6 is 0 Å². The first-order chi connectivity index (χ1) is 15.0. The Bertz CT molecular complexity index is 762. The van der Waals surface area contributed by atoms with Crippen molar-refractivity contribution < 1.29 is 24.5 Å². The Morgan fingerprint density at radius 3 is 1.74 bits per heavy atom. The number of amides is 1. The summed E-state index contributed by atoms with van der Waals surface area (Å²) in [5.41, 5.74) is -0.777. The molecule has 0 heterocycles. The third kappa shape index (κ3) is 6.15. The molecule has 0 saturated heterocycles. The van der Waals surface area contributed by atoms with Gasteiger partial charge in [0.1, 0.15) is 6.61 Å². The van der Waals surface area contributed by atoms with Crippen molar-refractivity contribution in [1.82, 2.24) is 4.90 Å². The molecule has 0 radical (unpaired) electrons. The van der Waals surface area contributed by atoms with Crippen molar-refractivity contribution in [2.75, 3.05) is 19.7 Å². The van der Waals surface area contributed by atoms with Crippen molar-refractivity contribution in [2.45, 2.75) is 51.2 Å². The molecule has 0 aliphatic heterocycles. The molecule has 0 aliphatic carbocycles. The zero-order valence-electron chi connectivity index (χ0n) is 18.4. The highest BCUT2D eigenvalue weighted by molar-refractivity contribution is 5.78. The van der Waals surface area contributed by atoms with E-state index in [0.29, 0.717) is 24.2 Å². The fourth-order valence-electron chi connectivity index (χ4n) is 3.60. The van der Waals surface area contributed by atoms with Gasteiger partial charge in [-0.25, -0.2) is 4.79 Å². The lowest BCUT2D eigenvalue weighted by Gasteiger charge is -2.37. The van der Waals surface area contributed by atoms with E-state index in [9.17, 15) is 19.8 Å². The number of carboxylic acid groups (broad SMARTS) is 1. The van der Waals surface area contributed by atoms with Gasteiger partial charge in [0.05, 0.1) is 0 Å². The molecule has 1 amide bonds. The van der Waals surface area contributed by atoms with E-state index in [1.807, 2.05) is 0 Å². The van der Waals surface area contributed by atoms with Crippen LogP contribution in [0.5, 0.6) is 0 Å². The summed E-state index contributed by atoms with van der Waals surface area (Å²) in [5, 5.41) is 20.6. The number of benzene rings is 2. The van der Waals surface area contributed by atoms with E-state index < -0.39 is 17.7 Å². The monoisotopic (exact) mass is 427 g/mol. The predicted octanol–water partition coefficient (Wildman–Crippen LogP) is 3.82. The first-order valence-corrected chi connectivity index (χ1v) is 10.9. The first kappa shape index (κ1) is 24.6. The molecule has 2 aromatic rings. The molecule has 31 heavy (non-hydrogen) atoms. The third-order valence-electron chi connectivity index (χ3n) is 5.36. The number of aliphatic carboxylic acids is 1. The Balaban J connectivity index is 2.43. The van der Waals surface area contributed by atoms with Crippen LogP contribution in [-0.4, -0.2) is 52.8 Å². The van der Waals surface area contributed by atoms with Gasteiger partial charge in [-0.05, 0) is 24.0 Å². The molecule has 1 atom stereocenters. The van der Waals surface area contributed by atoms with Gasteiger partial charge >= 0.3 is 5.97 Å². The summed E-state index contributed by atoms with van der Waals surface area (Å²) in [7, 11) is 0. The van der Waals surface area contributed by atoms with Crippen LogP contribution in [0.3, 0.4) is 0 Å². The quantitative estimate of drug-likeness (QED) is 0.507. The lowest BCUT2D eigenvalue weighted by Crippen LogP contribution is -2.49. The molecular weight excluding hydrogens is 394 g/mol. The molecule has 0 aliphatic rings. The average Bonchev–Trinajstić information content (AvgIpc) is 2.80. The Morgan fingerprint density at radius 2 is 1.35 bits per heavy atom. The van der Waals surface area contributed by atoms with Crippen LogP contribution in [0.1, 0.15) is 50.7 Å². The number of hydrogen-bond donors (Lipinski definition) is 2. The Labute approximate surface area is 184 Å². The van der Waals surface area contributed by atoms with Crippen molar-refractivity contribution in [3.05, 3.63) is 71.8 Å². The van der Waals surface area contributed by atoms with Crippen LogP contribution in [0.2, 0.25) is 0 Å². The van der Waals surface area contributed by atoms with Gasteiger partial charge in [0.2, 0.25) is 5.91 Å². The molecule has 0 spiro atoms. The Hall–Kier alpha value is -2.70. The minimum Gasteiger partial charge on any atom is -0.479 e. The van der Waals surface area contributed by atoms with Crippen LogP contribution < -0.4 is 0 Å². The van der Waals surface area contributed by atoms with Gasteiger partial charge in [0, 0.05) is 13.1 Å². The van der Waals surface area contributed by atoms with Crippen LogP contribution in [-0.2, 0) is 19.9 Å². The SMILES string of the molecule is CCCCN(CCCC)C(=O)COC(c1ccccc1)(c1ccccc1)C(O)C(=O)O. The van der Waals surface area contributed by atoms with E-state index in [4.69, 9.17) is 4.74 Å². The lowest BCUT2D eigenvalue weighted by atomic mass is 9.81. The molecular formula is C25H33NO5. The number of aliphatic hydroxyl groups is 1. The summed E-state index contributed by atoms with van der Waals surface area (Å²) >= 11 is 0. The molecule has 0 bridgehead atoms. The number of ether oxygens (including phenoxy) is 1. The molecule has 1 unspecified atom stereocenters. The maximum absolute atomic E-state index is 13.0. The van der Waals surface area contributed by atoms with E-state index in [1.165, 1.54) is 0 Å². The zero-order chi connectivity index (χ0) is 22.7.